The van der Waals surface area contributed by atoms with Crippen molar-refractivity contribution < 1.29 is 44.2 Å². The molecule has 0 radical (unpaired) electrons. The van der Waals surface area contributed by atoms with Gasteiger partial charge in [0.25, 0.3) is 0 Å². The molecule has 0 saturated carbocycles. The summed E-state index contributed by atoms with van der Waals surface area (Å²) >= 11 is 0. The van der Waals surface area contributed by atoms with Crippen LogP contribution in [0.15, 0.2) is 47.1 Å². The molecule has 5 rings (SSSR count). The molecule has 9 heteroatoms. The summed E-state index contributed by atoms with van der Waals surface area (Å²) in [6.45, 7) is 9.39. The van der Waals surface area contributed by atoms with Crippen molar-refractivity contribution in [1.29, 1.82) is 0 Å². The molecule has 0 aromatic rings. The number of carbonyl (C=O) groups is 1. The van der Waals surface area contributed by atoms with Crippen molar-refractivity contribution in [2.75, 3.05) is 6.61 Å². The van der Waals surface area contributed by atoms with Gasteiger partial charge >= 0.3 is 5.97 Å². The molecule has 41 heavy (non-hydrogen) atoms. The number of hydrogen-bond donors (Lipinski definition) is 4. The van der Waals surface area contributed by atoms with Crippen molar-refractivity contribution in [2.45, 2.75) is 121 Å². The number of esters is 1. The fraction of sp³-hybridized carbons (Fsp3) is 0.719. The lowest BCUT2D eigenvalue weighted by Gasteiger charge is -2.53. The van der Waals surface area contributed by atoms with Crippen molar-refractivity contribution in [3.05, 3.63) is 47.1 Å². The first-order valence-corrected chi connectivity index (χ1v) is 15.1. The molecule has 4 bridgehead atoms. The highest BCUT2D eigenvalue weighted by Gasteiger charge is 2.64. The number of fused-ring (bicyclic) bond motifs is 3. The number of ether oxygens (including phenoxy) is 4. The first-order valence-electron chi connectivity index (χ1n) is 15.1. The Morgan fingerprint density at radius 1 is 1.10 bits per heavy atom. The molecule has 0 aromatic carbocycles. The zero-order valence-corrected chi connectivity index (χ0v) is 24.8. The van der Waals surface area contributed by atoms with E-state index < -0.39 is 47.4 Å². The van der Waals surface area contributed by atoms with Gasteiger partial charge in [0.15, 0.2) is 5.79 Å². The van der Waals surface area contributed by atoms with E-state index >= 15 is 0 Å². The molecule has 0 amide bonds. The Kier molecular flexibility index (Phi) is 8.46. The molecule has 11 atom stereocenters. The molecule has 9 nitrogen and oxygen atoms in total. The van der Waals surface area contributed by atoms with E-state index in [2.05, 4.69) is 13.8 Å². The van der Waals surface area contributed by atoms with Crippen LogP contribution < -0.4 is 0 Å². The van der Waals surface area contributed by atoms with Crippen LogP contribution in [-0.2, 0) is 23.7 Å². The maximum atomic E-state index is 13.9. The van der Waals surface area contributed by atoms with Gasteiger partial charge in [-0.3, -0.25) is 4.79 Å². The number of aliphatic hydroxyl groups excluding tert-OH is 2. The maximum absolute atomic E-state index is 13.9. The van der Waals surface area contributed by atoms with Crippen LogP contribution in [-0.4, -0.2) is 80.7 Å². The summed E-state index contributed by atoms with van der Waals surface area (Å²) in [5, 5.41) is 45.3. The third kappa shape index (κ3) is 5.39. The third-order valence-electron chi connectivity index (χ3n) is 9.95. The molecule has 4 aliphatic heterocycles. The average molecular weight is 575 g/mol. The van der Waals surface area contributed by atoms with Gasteiger partial charge in [-0.15, -0.1) is 0 Å². The highest BCUT2D eigenvalue weighted by molar-refractivity contribution is 5.78. The van der Waals surface area contributed by atoms with Crippen LogP contribution in [0.4, 0.5) is 0 Å². The largest absolute Gasteiger partial charge is 0.462 e. The fourth-order valence-electron chi connectivity index (χ4n) is 7.19. The van der Waals surface area contributed by atoms with Gasteiger partial charge in [-0.1, -0.05) is 51.2 Å². The van der Waals surface area contributed by atoms with E-state index in [-0.39, 0.29) is 35.9 Å². The molecule has 1 spiro atoms. The second kappa shape index (κ2) is 11.3. The second-order valence-electron chi connectivity index (χ2n) is 12.8. The van der Waals surface area contributed by atoms with E-state index in [1.54, 1.807) is 25.2 Å². The lowest BCUT2D eigenvalue weighted by atomic mass is 9.66. The van der Waals surface area contributed by atoms with Gasteiger partial charge in [-0.05, 0) is 55.7 Å². The van der Waals surface area contributed by atoms with E-state index in [0.717, 1.165) is 18.4 Å². The van der Waals surface area contributed by atoms with Crippen LogP contribution in [0.25, 0.3) is 0 Å². The van der Waals surface area contributed by atoms with Crippen LogP contribution in [0.2, 0.25) is 0 Å². The van der Waals surface area contributed by atoms with Crippen molar-refractivity contribution >= 4 is 5.97 Å². The van der Waals surface area contributed by atoms with Crippen molar-refractivity contribution in [3.63, 3.8) is 0 Å². The van der Waals surface area contributed by atoms with Crippen LogP contribution >= 0.6 is 0 Å². The summed E-state index contributed by atoms with van der Waals surface area (Å²) in [7, 11) is 0. The minimum Gasteiger partial charge on any atom is -0.462 e. The predicted octanol–water partition coefficient (Wildman–Crippen LogP) is 3.22. The van der Waals surface area contributed by atoms with Crippen LogP contribution in [0, 0.1) is 17.8 Å². The summed E-state index contributed by atoms with van der Waals surface area (Å²) in [5.41, 5.74) is -0.893. The quantitative estimate of drug-likeness (QED) is 0.275. The highest BCUT2D eigenvalue weighted by atomic mass is 16.7. The lowest BCUT2D eigenvalue weighted by Crippen LogP contribution is -2.70. The monoisotopic (exact) mass is 574 g/mol. The average Bonchev–Trinajstić information content (AvgIpc) is 2.94. The van der Waals surface area contributed by atoms with E-state index in [1.807, 2.05) is 19.9 Å². The topological polar surface area (TPSA) is 135 Å². The van der Waals surface area contributed by atoms with Gasteiger partial charge < -0.3 is 39.4 Å². The van der Waals surface area contributed by atoms with Gasteiger partial charge in [-0.2, -0.15) is 0 Å². The number of allylic oxidation sites excluding steroid dienone is 2. The number of hydrogen-bond acceptors (Lipinski definition) is 9. The standard InChI is InChI=1S/C32H46O9/c1-6-26-18(2)12-13-30(41-26)16-24-15-23(40-30)11-10-20(4)27(33)19(3)8-7-9-22-17-38-32(37)21(5)14-25(28(34)39-24)31(22,36)29(32)35/h7-10,14,18-19,23-27,29,33,35-37H,6,11-13,15-17H2,1-5H3/b8-7+,20-10+,22-9+/t18-,19-,23+,24-,25-,26+,27-,29-,30+,31+,32?/m0/s1. The molecular weight excluding hydrogens is 528 g/mol. The van der Waals surface area contributed by atoms with E-state index in [9.17, 15) is 25.2 Å². The second-order valence-corrected chi connectivity index (χ2v) is 12.8. The Morgan fingerprint density at radius 2 is 1.85 bits per heavy atom. The van der Waals surface area contributed by atoms with Gasteiger partial charge in [0.05, 0.1) is 24.9 Å². The molecule has 5 aliphatic rings. The maximum Gasteiger partial charge on any atom is 0.316 e. The minimum absolute atomic E-state index is 0.0239. The summed E-state index contributed by atoms with van der Waals surface area (Å²) < 4.78 is 24.9. The van der Waals surface area contributed by atoms with Gasteiger partial charge in [-0.25, -0.2) is 0 Å². The molecule has 3 saturated heterocycles. The van der Waals surface area contributed by atoms with Crippen LogP contribution in [0.3, 0.4) is 0 Å². The first kappa shape index (κ1) is 30.6. The molecule has 3 fully saturated rings. The van der Waals surface area contributed by atoms with E-state index in [0.29, 0.717) is 31.6 Å². The Balaban J connectivity index is 1.55. The van der Waals surface area contributed by atoms with Gasteiger partial charge in [0.1, 0.15) is 23.7 Å². The number of aliphatic hydroxyl groups is 4. The molecule has 4 N–H and O–H groups in total. The van der Waals surface area contributed by atoms with Crippen LogP contribution in [0.1, 0.15) is 73.1 Å². The van der Waals surface area contributed by atoms with Crippen LogP contribution in [0.5, 0.6) is 0 Å². The molecule has 0 aromatic heterocycles. The molecular formula is C32H46O9. The Morgan fingerprint density at radius 3 is 2.59 bits per heavy atom. The molecule has 4 heterocycles. The summed E-state index contributed by atoms with van der Waals surface area (Å²) in [4.78, 5) is 13.9. The Labute approximate surface area is 242 Å². The van der Waals surface area contributed by atoms with Crippen molar-refractivity contribution in [3.8, 4) is 0 Å². The zero-order chi connectivity index (χ0) is 29.7. The van der Waals surface area contributed by atoms with E-state index in [1.165, 1.54) is 6.08 Å². The highest BCUT2D eigenvalue weighted by Crippen LogP contribution is 2.49. The van der Waals surface area contributed by atoms with E-state index in [4.69, 9.17) is 18.9 Å². The summed E-state index contributed by atoms with van der Waals surface area (Å²) in [6, 6.07) is 0. The van der Waals surface area contributed by atoms with Crippen molar-refractivity contribution in [2.24, 2.45) is 17.8 Å². The number of rotatable bonds is 1. The SMILES string of the molecule is CC[C@H]1O[C@]2(CC[C@@H]1C)C[C@@H]1C[C@@H](C/C=C(\C)[C@@H](O)[C@@H](C)/C=C/C=C3\COC4(O)C(C)=C[C@@H](C(=O)O1)[C@@]3(O)[C@@H]4O)O2. The zero-order valence-electron chi connectivity index (χ0n) is 24.8. The van der Waals surface area contributed by atoms with Gasteiger partial charge in [0.2, 0.25) is 5.79 Å². The first-order chi connectivity index (χ1) is 19.3. The third-order valence-corrected chi connectivity index (χ3v) is 9.95. The Bertz CT molecular complexity index is 1140. The normalized spacial score (nSPS) is 50.6. The smallest absolute Gasteiger partial charge is 0.316 e. The van der Waals surface area contributed by atoms with Crippen molar-refractivity contribution in [1.82, 2.24) is 0 Å². The fourth-order valence-corrected chi connectivity index (χ4v) is 7.19. The Hall–Kier alpha value is -1.85. The predicted molar refractivity (Wildman–Crippen MR) is 150 cm³/mol. The number of carbonyl (C=O) groups excluding carboxylic acids is 1. The summed E-state index contributed by atoms with van der Waals surface area (Å²) in [5.74, 6) is -4.87. The molecule has 1 aliphatic carbocycles. The molecule has 228 valence electrons. The minimum atomic E-state index is -2.16. The molecule has 1 unspecified atom stereocenters. The van der Waals surface area contributed by atoms with Gasteiger partial charge in [0, 0.05) is 25.2 Å². The lowest BCUT2D eigenvalue weighted by molar-refractivity contribution is -0.335. The summed E-state index contributed by atoms with van der Waals surface area (Å²) in [6.07, 6.45) is 8.79.